The van der Waals surface area contributed by atoms with E-state index in [1.165, 1.54) is 5.56 Å². The summed E-state index contributed by atoms with van der Waals surface area (Å²) in [5, 5.41) is 16.5. The Morgan fingerprint density at radius 3 is 3.12 bits per heavy atom. The number of rotatable bonds is 0. The van der Waals surface area contributed by atoms with E-state index in [0.29, 0.717) is 5.56 Å². The van der Waals surface area contributed by atoms with E-state index in [4.69, 9.17) is 5.26 Å². The van der Waals surface area contributed by atoms with Crippen molar-refractivity contribution in [2.75, 3.05) is 5.32 Å². The summed E-state index contributed by atoms with van der Waals surface area (Å²) >= 11 is 0. The molecule has 1 aromatic heterocycles. The Kier molecular flexibility index (Phi) is 1.90. The number of fused-ring (bicyclic) bond motifs is 2. The second kappa shape index (κ2) is 3.38. The Morgan fingerprint density at radius 2 is 2.25 bits per heavy atom. The Labute approximate surface area is 93.1 Å². The van der Waals surface area contributed by atoms with E-state index in [-0.39, 0.29) is 0 Å². The fourth-order valence-corrected chi connectivity index (χ4v) is 1.98. The van der Waals surface area contributed by atoms with E-state index >= 15 is 0 Å². The Morgan fingerprint density at radius 1 is 1.38 bits per heavy atom. The molecule has 0 atom stereocenters. The highest BCUT2D eigenvalue weighted by Crippen LogP contribution is 2.27. The third-order valence-corrected chi connectivity index (χ3v) is 2.82. The minimum absolute atomic E-state index is 0.594. The van der Waals surface area contributed by atoms with Crippen LogP contribution in [-0.2, 0) is 13.0 Å². The molecule has 78 valence electrons. The number of nitrogens with one attached hydrogen (secondary N) is 1. The maximum atomic E-state index is 8.98. The molecule has 0 bridgehead atoms. The zero-order chi connectivity index (χ0) is 11.0. The van der Waals surface area contributed by atoms with Gasteiger partial charge in [-0.05, 0) is 18.1 Å². The number of hydrogen-bond donors (Lipinski definition) is 1. The van der Waals surface area contributed by atoms with Crippen LogP contribution in [0, 0.1) is 11.3 Å². The van der Waals surface area contributed by atoms with Gasteiger partial charge in [-0.3, -0.25) is 0 Å². The van der Waals surface area contributed by atoms with Crippen molar-refractivity contribution in [1.29, 1.82) is 5.26 Å². The summed E-state index contributed by atoms with van der Waals surface area (Å²) in [6, 6.07) is 10.3. The summed E-state index contributed by atoms with van der Waals surface area (Å²) in [5.74, 6) is 0.799. The topological polar surface area (TPSA) is 53.6 Å². The number of nitriles is 1. The highest BCUT2D eigenvalue weighted by Gasteiger charge is 2.15. The molecule has 1 N–H and O–H groups in total. The van der Waals surface area contributed by atoms with Gasteiger partial charge >= 0.3 is 0 Å². The van der Waals surface area contributed by atoms with Crippen molar-refractivity contribution in [3.05, 3.63) is 41.6 Å². The van der Waals surface area contributed by atoms with Gasteiger partial charge in [0.05, 0.1) is 6.20 Å². The smallest absolute Gasteiger partial charge is 0.146 e. The predicted molar refractivity (Wildman–Crippen MR) is 60.4 cm³/mol. The molecule has 0 saturated heterocycles. The summed E-state index contributed by atoms with van der Waals surface area (Å²) in [5.41, 5.74) is 2.92. The zero-order valence-corrected chi connectivity index (χ0v) is 8.64. The van der Waals surface area contributed by atoms with Gasteiger partial charge in [-0.15, -0.1) is 0 Å². The van der Waals surface area contributed by atoms with Crippen molar-refractivity contribution < 1.29 is 0 Å². The number of anilines is 2. The summed E-state index contributed by atoms with van der Waals surface area (Å²) in [6.07, 6.45) is 2.54. The van der Waals surface area contributed by atoms with E-state index in [1.54, 1.807) is 6.20 Å². The van der Waals surface area contributed by atoms with Gasteiger partial charge in [0.2, 0.25) is 0 Å². The molecular weight excluding hydrogens is 200 g/mol. The van der Waals surface area contributed by atoms with Crippen LogP contribution in [0.25, 0.3) is 0 Å². The molecular formula is C12H10N4. The van der Waals surface area contributed by atoms with Crippen LogP contribution in [-0.4, -0.2) is 9.78 Å². The molecule has 1 aromatic carbocycles. The number of aryl methyl sites for hydroxylation is 2. The van der Waals surface area contributed by atoms with Crippen LogP contribution in [0.5, 0.6) is 0 Å². The number of para-hydroxylation sites is 1. The molecule has 0 fully saturated rings. The monoisotopic (exact) mass is 210 g/mol. The lowest BCUT2D eigenvalue weighted by Crippen LogP contribution is -2.02. The van der Waals surface area contributed by atoms with Crippen LogP contribution in [0.2, 0.25) is 0 Å². The molecule has 0 aliphatic carbocycles. The Balaban J connectivity index is 2.13. The van der Waals surface area contributed by atoms with E-state index in [0.717, 1.165) is 24.5 Å². The third kappa shape index (κ3) is 1.26. The van der Waals surface area contributed by atoms with Crippen molar-refractivity contribution in [3.8, 4) is 6.07 Å². The first-order chi connectivity index (χ1) is 7.88. The molecule has 1 aliphatic rings. The molecule has 4 nitrogen and oxygen atoms in total. The average molecular weight is 210 g/mol. The highest BCUT2D eigenvalue weighted by atomic mass is 15.3. The van der Waals surface area contributed by atoms with Crippen molar-refractivity contribution in [2.24, 2.45) is 0 Å². The van der Waals surface area contributed by atoms with Crippen molar-refractivity contribution in [2.45, 2.75) is 13.0 Å². The second-order valence-corrected chi connectivity index (χ2v) is 3.77. The maximum absolute atomic E-state index is 8.98. The number of nitrogens with zero attached hydrogens (tertiary/aromatic N) is 3. The van der Waals surface area contributed by atoms with Crippen LogP contribution in [0.1, 0.15) is 11.1 Å². The van der Waals surface area contributed by atoms with Crippen molar-refractivity contribution in [1.82, 2.24) is 9.78 Å². The quantitative estimate of drug-likeness (QED) is 0.724. The van der Waals surface area contributed by atoms with E-state index in [1.807, 2.05) is 22.9 Å². The molecule has 0 saturated carbocycles. The highest BCUT2D eigenvalue weighted by molar-refractivity contribution is 5.66. The van der Waals surface area contributed by atoms with Crippen LogP contribution in [0.15, 0.2) is 30.5 Å². The molecule has 4 heteroatoms. The number of benzene rings is 1. The molecule has 2 heterocycles. The first kappa shape index (κ1) is 8.98. The van der Waals surface area contributed by atoms with Gasteiger partial charge in [0.25, 0.3) is 0 Å². The largest absolute Gasteiger partial charge is 0.339 e. The van der Waals surface area contributed by atoms with Crippen molar-refractivity contribution >= 4 is 11.5 Å². The lowest BCUT2D eigenvalue weighted by Gasteiger charge is -2.06. The summed E-state index contributed by atoms with van der Waals surface area (Å²) in [6.45, 7) is 0.807. The summed E-state index contributed by atoms with van der Waals surface area (Å²) in [7, 11) is 0. The van der Waals surface area contributed by atoms with E-state index in [9.17, 15) is 0 Å². The van der Waals surface area contributed by atoms with Gasteiger partial charge in [0, 0.05) is 12.2 Å². The van der Waals surface area contributed by atoms with Gasteiger partial charge in [-0.25, -0.2) is 4.68 Å². The minimum atomic E-state index is 0.594. The van der Waals surface area contributed by atoms with Gasteiger partial charge in [0.15, 0.2) is 0 Å². The molecule has 0 unspecified atom stereocenters. The SMILES string of the molecule is N#Cc1cnn2c1Nc1ccccc1CC2. The zero-order valence-electron chi connectivity index (χ0n) is 8.64. The molecule has 0 radical (unpaired) electrons. The second-order valence-electron chi connectivity index (χ2n) is 3.77. The first-order valence-corrected chi connectivity index (χ1v) is 5.19. The Hall–Kier alpha value is -2.28. The van der Waals surface area contributed by atoms with Crippen LogP contribution >= 0.6 is 0 Å². The van der Waals surface area contributed by atoms with Crippen LogP contribution in [0.4, 0.5) is 11.5 Å². The predicted octanol–water partition coefficient (Wildman–Crippen LogP) is 2.05. The normalized spacial score (nSPS) is 12.9. The first-order valence-electron chi connectivity index (χ1n) is 5.19. The van der Waals surface area contributed by atoms with Gasteiger partial charge < -0.3 is 5.32 Å². The molecule has 3 rings (SSSR count). The van der Waals surface area contributed by atoms with Crippen molar-refractivity contribution in [3.63, 3.8) is 0 Å². The van der Waals surface area contributed by atoms with E-state index in [2.05, 4.69) is 22.6 Å². The number of hydrogen-bond acceptors (Lipinski definition) is 3. The lowest BCUT2D eigenvalue weighted by atomic mass is 10.1. The Bertz CT molecular complexity index is 577. The molecule has 16 heavy (non-hydrogen) atoms. The molecule has 1 aliphatic heterocycles. The fraction of sp³-hybridized carbons (Fsp3) is 0.167. The minimum Gasteiger partial charge on any atom is -0.339 e. The number of aromatic nitrogens is 2. The third-order valence-electron chi connectivity index (χ3n) is 2.82. The molecule has 0 spiro atoms. The van der Waals surface area contributed by atoms with Gasteiger partial charge in [-0.2, -0.15) is 10.4 Å². The standard InChI is InChI=1S/C12H10N4/c13-7-10-8-14-16-6-5-9-3-1-2-4-11(9)15-12(10)16/h1-4,8,15H,5-6H2. The van der Waals surface area contributed by atoms with Gasteiger partial charge in [-0.1, -0.05) is 18.2 Å². The van der Waals surface area contributed by atoms with E-state index < -0.39 is 0 Å². The maximum Gasteiger partial charge on any atom is 0.146 e. The summed E-state index contributed by atoms with van der Waals surface area (Å²) in [4.78, 5) is 0. The van der Waals surface area contributed by atoms with Crippen LogP contribution in [0.3, 0.4) is 0 Å². The lowest BCUT2D eigenvalue weighted by molar-refractivity contribution is 0.630. The fourth-order valence-electron chi connectivity index (χ4n) is 1.98. The van der Waals surface area contributed by atoms with Gasteiger partial charge in [0.1, 0.15) is 17.5 Å². The summed E-state index contributed by atoms with van der Waals surface area (Å²) < 4.78 is 1.85. The molecule has 2 aromatic rings. The average Bonchev–Trinajstić information content (AvgIpc) is 2.61. The molecule has 0 amide bonds. The van der Waals surface area contributed by atoms with Crippen LogP contribution < -0.4 is 5.32 Å².